The van der Waals surface area contributed by atoms with E-state index in [2.05, 4.69) is 12.2 Å². The quantitative estimate of drug-likeness (QED) is 0.636. The summed E-state index contributed by atoms with van der Waals surface area (Å²) in [4.78, 5) is 23.9. The van der Waals surface area contributed by atoms with Gasteiger partial charge in [-0.2, -0.15) is 0 Å². The summed E-state index contributed by atoms with van der Waals surface area (Å²) in [5, 5.41) is 2.74. The lowest BCUT2D eigenvalue weighted by Gasteiger charge is -2.12. The Hall–Kier alpha value is -2.88. The zero-order valence-corrected chi connectivity index (χ0v) is 14.8. The monoisotopic (exact) mass is 337 g/mol. The second-order valence-corrected chi connectivity index (χ2v) is 5.86. The summed E-state index contributed by atoms with van der Waals surface area (Å²) in [5.74, 6) is -0.911. The highest BCUT2D eigenvalue weighted by molar-refractivity contribution is 5.96. The van der Waals surface area contributed by atoms with Crippen LogP contribution in [0.4, 0.5) is 5.69 Å². The van der Waals surface area contributed by atoms with Gasteiger partial charge >= 0.3 is 5.97 Å². The highest BCUT2D eigenvalue weighted by atomic mass is 16.5. The molecule has 0 heterocycles. The van der Waals surface area contributed by atoms with Crippen molar-refractivity contribution in [1.29, 1.82) is 0 Å². The van der Waals surface area contributed by atoms with Crippen molar-refractivity contribution in [3.8, 4) is 0 Å². The van der Waals surface area contributed by atoms with Crippen LogP contribution in [0, 0.1) is 6.92 Å². The van der Waals surface area contributed by atoms with E-state index in [-0.39, 0.29) is 5.91 Å². The van der Waals surface area contributed by atoms with Gasteiger partial charge in [0.25, 0.3) is 5.91 Å². The summed E-state index contributed by atoms with van der Waals surface area (Å²) in [6, 6.07) is 15.3. The van der Waals surface area contributed by atoms with Crippen LogP contribution < -0.4 is 5.32 Å². The summed E-state index contributed by atoms with van der Waals surface area (Å²) in [5.41, 5.74) is 3.92. The van der Waals surface area contributed by atoms with Crippen molar-refractivity contribution in [1.82, 2.24) is 0 Å². The average Bonchev–Trinajstić information content (AvgIpc) is 2.61. The number of anilines is 1. The Labute approximate surface area is 148 Å². The molecule has 0 saturated heterocycles. The molecule has 0 saturated carbocycles. The molecular formula is C21H23NO3. The highest BCUT2D eigenvalue weighted by Crippen LogP contribution is 2.11. The molecule has 1 amide bonds. The van der Waals surface area contributed by atoms with E-state index < -0.39 is 12.1 Å². The molecule has 25 heavy (non-hydrogen) atoms. The summed E-state index contributed by atoms with van der Waals surface area (Å²) < 4.78 is 5.14. The molecule has 4 nitrogen and oxygen atoms in total. The molecule has 130 valence electrons. The Morgan fingerprint density at radius 3 is 2.32 bits per heavy atom. The molecule has 1 N–H and O–H groups in total. The van der Waals surface area contributed by atoms with Crippen LogP contribution in [0.1, 0.15) is 30.5 Å². The van der Waals surface area contributed by atoms with Gasteiger partial charge in [0.15, 0.2) is 6.10 Å². The van der Waals surface area contributed by atoms with Gasteiger partial charge in [-0.15, -0.1) is 0 Å². The number of hydrogen-bond donors (Lipinski definition) is 1. The normalized spacial score (nSPS) is 12.0. The van der Waals surface area contributed by atoms with Crippen LogP contribution in [-0.2, 0) is 20.7 Å². The maximum absolute atomic E-state index is 12.1. The minimum absolute atomic E-state index is 0.360. The predicted molar refractivity (Wildman–Crippen MR) is 100 cm³/mol. The standard InChI is InChI=1S/C21H23NO3/c1-4-17-9-12-19(13-10-17)22-21(24)16(3)25-20(23)14-11-18-7-5-15(2)6-8-18/h5-14,16H,4H2,1-3H3,(H,22,24). The Morgan fingerprint density at radius 1 is 1.08 bits per heavy atom. The van der Waals surface area contributed by atoms with Gasteiger partial charge in [0.2, 0.25) is 0 Å². The molecule has 2 aromatic rings. The van der Waals surface area contributed by atoms with Crippen molar-refractivity contribution in [3.05, 3.63) is 71.3 Å². The number of esters is 1. The minimum Gasteiger partial charge on any atom is -0.449 e. The molecule has 0 radical (unpaired) electrons. The third-order valence-electron chi connectivity index (χ3n) is 3.78. The largest absolute Gasteiger partial charge is 0.449 e. The number of amides is 1. The van der Waals surface area contributed by atoms with E-state index in [1.54, 1.807) is 13.0 Å². The summed E-state index contributed by atoms with van der Waals surface area (Å²) in [7, 11) is 0. The Bertz CT molecular complexity index is 746. The molecule has 2 aromatic carbocycles. The topological polar surface area (TPSA) is 55.4 Å². The lowest BCUT2D eigenvalue weighted by Crippen LogP contribution is -2.29. The van der Waals surface area contributed by atoms with Crippen LogP contribution in [0.25, 0.3) is 6.08 Å². The summed E-state index contributed by atoms with van der Waals surface area (Å²) >= 11 is 0. The molecule has 0 aliphatic heterocycles. The lowest BCUT2D eigenvalue weighted by molar-refractivity contribution is -0.148. The molecule has 0 aromatic heterocycles. The molecule has 1 atom stereocenters. The number of rotatable bonds is 6. The molecule has 2 rings (SSSR count). The SMILES string of the molecule is CCc1ccc(NC(=O)C(C)OC(=O)C=Cc2ccc(C)cc2)cc1. The fourth-order valence-electron chi connectivity index (χ4n) is 2.18. The Kier molecular flexibility index (Phi) is 6.52. The number of hydrogen-bond acceptors (Lipinski definition) is 3. The molecular weight excluding hydrogens is 314 g/mol. The van der Waals surface area contributed by atoms with Gasteiger partial charge in [0.05, 0.1) is 0 Å². The molecule has 0 spiro atoms. The fraction of sp³-hybridized carbons (Fsp3) is 0.238. The molecule has 0 bridgehead atoms. The molecule has 4 heteroatoms. The summed E-state index contributed by atoms with van der Waals surface area (Å²) in [6.07, 6.45) is 3.05. The van der Waals surface area contributed by atoms with Crippen molar-refractivity contribution < 1.29 is 14.3 Å². The number of carbonyl (C=O) groups is 2. The van der Waals surface area contributed by atoms with Crippen LogP contribution >= 0.6 is 0 Å². The average molecular weight is 337 g/mol. The van der Waals surface area contributed by atoms with Crippen LogP contribution in [0.3, 0.4) is 0 Å². The van der Waals surface area contributed by atoms with Crippen molar-refractivity contribution in [2.24, 2.45) is 0 Å². The van der Waals surface area contributed by atoms with Crippen molar-refractivity contribution in [3.63, 3.8) is 0 Å². The van der Waals surface area contributed by atoms with Gasteiger partial charge in [-0.1, -0.05) is 48.9 Å². The van der Waals surface area contributed by atoms with E-state index in [1.165, 1.54) is 11.6 Å². The Balaban J connectivity index is 1.86. The van der Waals surface area contributed by atoms with Crippen molar-refractivity contribution >= 4 is 23.6 Å². The first-order valence-electron chi connectivity index (χ1n) is 8.33. The van der Waals surface area contributed by atoms with Crippen LogP contribution in [0.5, 0.6) is 0 Å². The third-order valence-corrected chi connectivity index (χ3v) is 3.78. The van der Waals surface area contributed by atoms with Crippen LogP contribution in [-0.4, -0.2) is 18.0 Å². The zero-order chi connectivity index (χ0) is 18.2. The van der Waals surface area contributed by atoms with Gasteiger partial charge in [-0.05, 0) is 49.6 Å². The maximum atomic E-state index is 12.1. The van der Waals surface area contributed by atoms with E-state index in [0.717, 1.165) is 17.5 Å². The second kappa shape index (κ2) is 8.83. The molecule has 0 aliphatic rings. The van der Waals surface area contributed by atoms with E-state index >= 15 is 0 Å². The van der Waals surface area contributed by atoms with E-state index in [4.69, 9.17) is 4.74 Å². The van der Waals surface area contributed by atoms with Crippen molar-refractivity contribution in [2.75, 3.05) is 5.32 Å². The predicted octanol–water partition coefficient (Wildman–Crippen LogP) is 4.14. The van der Waals surface area contributed by atoms with Gasteiger partial charge in [0, 0.05) is 11.8 Å². The van der Waals surface area contributed by atoms with Gasteiger partial charge in [-0.25, -0.2) is 4.79 Å². The first-order valence-corrected chi connectivity index (χ1v) is 8.33. The maximum Gasteiger partial charge on any atom is 0.331 e. The highest BCUT2D eigenvalue weighted by Gasteiger charge is 2.16. The molecule has 0 fully saturated rings. The van der Waals surface area contributed by atoms with Gasteiger partial charge in [0.1, 0.15) is 0 Å². The number of aryl methyl sites for hydroxylation is 2. The number of nitrogens with one attached hydrogen (secondary N) is 1. The third kappa shape index (κ3) is 5.92. The molecule has 1 unspecified atom stereocenters. The number of carbonyl (C=O) groups excluding carboxylic acids is 2. The number of benzene rings is 2. The first-order chi connectivity index (χ1) is 12.0. The fourth-order valence-corrected chi connectivity index (χ4v) is 2.18. The number of ether oxygens (including phenoxy) is 1. The minimum atomic E-state index is -0.874. The zero-order valence-electron chi connectivity index (χ0n) is 14.8. The Morgan fingerprint density at radius 2 is 1.72 bits per heavy atom. The van der Waals surface area contributed by atoms with Crippen molar-refractivity contribution in [2.45, 2.75) is 33.3 Å². The van der Waals surface area contributed by atoms with Crippen LogP contribution in [0.15, 0.2) is 54.6 Å². The lowest BCUT2D eigenvalue weighted by atomic mass is 10.1. The van der Waals surface area contributed by atoms with E-state index in [9.17, 15) is 9.59 Å². The molecule has 0 aliphatic carbocycles. The van der Waals surface area contributed by atoms with Gasteiger partial charge in [-0.3, -0.25) is 4.79 Å². The second-order valence-electron chi connectivity index (χ2n) is 5.86. The summed E-state index contributed by atoms with van der Waals surface area (Å²) in [6.45, 7) is 5.62. The smallest absolute Gasteiger partial charge is 0.331 e. The van der Waals surface area contributed by atoms with E-state index in [1.807, 2.05) is 55.5 Å². The first kappa shape index (κ1) is 18.5. The van der Waals surface area contributed by atoms with Crippen LogP contribution in [0.2, 0.25) is 0 Å². The van der Waals surface area contributed by atoms with E-state index in [0.29, 0.717) is 5.69 Å². The van der Waals surface area contributed by atoms with Gasteiger partial charge < -0.3 is 10.1 Å².